The number of hydrogen-bond donors (Lipinski definition) is 1. The van der Waals surface area contributed by atoms with Gasteiger partial charge in [-0.1, -0.05) is 11.6 Å². The van der Waals surface area contributed by atoms with Gasteiger partial charge in [0.25, 0.3) is 11.8 Å². The number of methoxy groups -OCH3 is 1. The van der Waals surface area contributed by atoms with Crippen LogP contribution in [-0.4, -0.2) is 67.0 Å². The molecule has 0 saturated carbocycles. The summed E-state index contributed by atoms with van der Waals surface area (Å²) >= 11 is 8.75. The maximum absolute atomic E-state index is 13.1. The molecule has 9 heteroatoms. The maximum atomic E-state index is 13.1. The number of hydrogen-bond acceptors (Lipinski definition) is 6. The molecule has 0 aliphatic carbocycles. The Kier molecular flexibility index (Phi) is 5.99. The molecular formula is C20H24ClN3O3S2. The Morgan fingerprint density at radius 1 is 1.24 bits per heavy atom. The second-order valence-corrected chi connectivity index (χ2v) is 10.5. The Hall–Kier alpha value is -1.45. The van der Waals surface area contributed by atoms with E-state index in [0.29, 0.717) is 28.3 Å². The first kappa shape index (κ1) is 20.8. The topological polar surface area (TPSA) is 61.9 Å². The SMILES string of the molecule is COC1CN(C(=O)c2cc3c(s2)CN(C)C(C)C3)CC1NC(=O)c1ccc(Cl)s1. The third kappa shape index (κ3) is 4.22. The van der Waals surface area contributed by atoms with Gasteiger partial charge in [0.1, 0.15) is 0 Å². The van der Waals surface area contributed by atoms with Crippen molar-refractivity contribution in [2.24, 2.45) is 0 Å². The maximum Gasteiger partial charge on any atom is 0.264 e. The molecule has 6 nitrogen and oxygen atoms in total. The van der Waals surface area contributed by atoms with Crippen molar-refractivity contribution in [3.63, 3.8) is 0 Å². The summed E-state index contributed by atoms with van der Waals surface area (Å²) in [5, 5.41) is 3.00. The largest absolute Gasteiger partial charge is 0.377 e. The van der Waals surface area contributed by atoms with E-state index in [1.54, 1.807) is 35.5 Å². The highest BCUT2D eigenvalue weighted by Crippen LogP contribution is 2.31. The van der Waals surface area contributed by atoms with Crippen LogP contribution < -0.4 is 5.32 Å². The van der Waals surface area contributed by atoms with Crippen LogP contribution in [0.1, 0.15) is 36.7 Å². The molecule has 2 amide bonds. The summed E-state index contributed by atoms with van der Waals surface area (Å²) in [6, 6.07) is 5.69. The minimum Gasteiger partial charge on any atom is -0.377 e. The molecule has 2 aliphatic rings. The van der Waals surface area contributed by atoms with Gasteiger partial charge in [0.2, 0.25) is 0 Å². The number of thiophene rings is 2. The molecular weight excluding hydrogens is 430 g/mol. The number of likely N-dealkylation sites (tertiary alicyclic amines) is 1. The van der Waals surface area contributed by atoms with Gasteiger partial charge in [0.05, 0.1) is 26.2 Å². The van der Waals surface area contributed by atoms with Crippen molar-refractivity contribution in [1.82, 2.24) is 15.1 Å². The molecule has 0 bridgehead atoms. The number of amides is 2. The standard InChI is InChI=1S/C20H24ClN3O3S2/c1-11-6-12-7-16(28-17(12)10-23(11)2)20(26)24-8-13(14(9-24)27-3)22-19(25)15-4-5-18(21)29-15/h4-5,7,11,13-14H,6,8-10H2,1-3H3,(H,22,25). The van der Waals surface area contributed by atoms with E-state index in [0.717, 1.165) is 17.8 Å². The van der Waals surface area contributed by atoms with Gasteiger partial charge in [-0.25, -0.2) is 0 Å². The Balaban J connectivity index is 1.45. The Morgan fingerprint density at radius 3 is 2.72 bits per heavy atom. The van der Waals surface area contributed by atoms with Gasteiger partial charge in [-0.2, -0.15) is 0 Å². The lowest BCUT2D eigenvalue weighted by atomic mass is 10.0. The molecule has 3 unspecified atom stereocenters. The predicted octanol–water partition coefficient (Wildman–Crippen LogP) is 3.11. The van der Waals surface area contributed by atoms with E-state index in [4.69, 9.17) is 16.3 Å². The fourth-order valence-electron chi connectivity index (χ4n) is 3.88. The minimum absolute atomic E-state index is 0.0117. The molecule has 2 aromatic rings. The first-order chi connectivity index (χ1) is 13.9. The zero-order valence-electron chi connectivity index (χ0n) is 16.6. The number of carbonyl (C=O) groups excluding carboxylic acids is 2. The summed E-state index contributed by atoms with van der Waals surface area (Å²) in [4.78, 5) is 32.3. The summed E-state index contributed by atoms with van der Waals surface area (Å²) in [5.41, 5.74) is 1.28. The minimum atomic E-state index is -0.252. The number of rotatable bonds is 4. The molecule has 0 aromatic carbocycles. The number of carbonyl (C=O) groups is 2. The molecule has 29 heavy (non-hydrogen) atoms. The van der Waals surface area contributed by atoms with Crippen molar-refractivity contribution in [1.29, 1.82) is 0 Å². The Bertz CT molecular complexity index is 900. The lowest BCUT2D eigenvalue weighted by molar-refractivity contribution is 0.0695. The van der Waals surface area contributed by atoms with Crippen LogP contribution in [0.2, 0.25) is 4.34 Å². The molecule has 4 rings (SSSR count). The molecule has 0 spiro atoms. The van der Waals surface area contributed by atoms with Crippen LogP contribution in [0.3, 0.4) is 0 Å². The molecule has 3 atom stereocenters. The van der Waals surface area contributed by atoms with E-state index in [1.165, 1.54) is 21.8 Å². The average molecular weight is 454 g/mol. The van der Waals surface area contributed by atoms with Crippen LogP contribution >= 0.6 is 34.3 Å². The third-order valence-corrected chi connectivity index (χ3v) is 8.12. The van der Waals surface area contributed by atoms with Crippen LogP contribution in [0.25, 0.3) is 0 Å². The van der Waals surface area contributed by atoms with Crippen LogP contribution in [0.5, 0.6) is 0 Å². The van der Waals surface area contributed by atoms with Gasteiger partial charge >= 0.3 is 0 Å². The second-order valence-electron chi connectivity index (χ2n) is 7.70. The van der Waals surface area contributed by atoms with Crippen LogP contribution in [-0.2, 0) is 17.7 Å². The van der Waals surface area contributed by atoms with Crippen molar-refractivity contribution >= 4 is 46.1 Å². The molecule has 1 N–H and O–H groups in total. The van der Waals surface area contributed by atoms with E-state index < -0.39 is 0 Å². The molecule has 1 saturated heterocycles. The molecule has 2 aromatic heterocycles. The highest BCUT2D eigenvalue weighted by Gasteiger charge is 2.38. The number of likely N-dealkylation sites (N-methyl/N-ethyl adjacent to an activating group) is 1. The van der Waals surface area contributed by atoms with Crippen LogP contribution in [0, 0.1) is 0 Å². The number of nitrogens with zero attached hydrogens (tertiary/aromatic N) is 2. The fraction of sp³-hybridized carbons (Fsp3) is 0.500. The average Bonchev–Trinajstić information content (AvgIpc) is 3.40. The van der Waals surface area contributed by atoms with E-state index in [2.05, 4.69) is 24.2 Å². The van der Waals surface area contributed by atoms with Crippen LogP contribution in [0.4, 0.5) is 0 Å². The van der Waals surface area contributed by atoms with Gasteiger partial charge in [-0.15, -0.1) is 22.7 Å². The van der Waals surface area contributed by atoms with E-state index in [1.807, 2.05) is 6.07 Å². The summed E-state index contributed by atoms with van der Waals surface area (Å²) in [7, 11) is 3.73. The number of fused-ring (bicyclic) bond motifs is 1. The predicted molar refractivity (Wildman–Crippen MR) is 116 cm³/mol. The van der Waals surface area contributed by atoms with Crippen molar-refractivity contribution in [2.75, 3.05) is 27.2 Å². The molecule has 4 heterocycles. The van der Waals surface area contributed by atoms with Gasteiger partial charge in [0, 0.05) is 37.7 Å². The molecule has 0 radical (unpaired) electrons. The monoisotopic (exact) mass is 453 g/mol. The summed E-state index contributed by atoms with van der Waals surface area (Å²) < 4.78 is 6.13. The zero-order valence-corrected chi connectivity index (χ0v) is 19.0. The van der Waals surface area contributed by atoms with Gasteiger partial charge in [0.15, 0.2) is 0 Å². The van der Waals surface area contributed by atoms with Gasteiger partial charge < -0.3 is 15.0 Å². The van der Waals surface area contributed by atoms with Gasteiger partial charge in [-0.3, -0.25) is 14.5 Å². The number of nitrogens with one attached hydrogen (secondary N) is 1. The smallest absolute Gasteiger partial charge is 0.264 e. The van der Waals surface area contributed by atoms with E-state index >= 15 is 0 Å². The number of halogens is 1. The summed E-state index contributed by atoms with van der Waals surface area (Å²) in [6.45, 7) is 3.99. The third-order valence-electron chi connectivity index (χ3n) is 5.74. The fourth-order valence-corrected chi connectivity index (χ4v) is 6.05. The van der Waals surface area contributed by atoms with Crippen molar-refractivity contribution in [2.45, 2.75) is 38.1 Å². The van der Waals surface area contributed by atoms with Crippen LogP contribution in [0.15, 0.2) is 18.2 Å². The highest BCUT2D eigenvalue weighted by atomic mass is 35.5. The van der Waals surface area contributed by atoms with Gasteiger partial charge in [-0.05, 0) is 44.2 Å². The summed E-state index contributed by atoms with van der Waals surface area (Å²) in [6.07, 6.45) is 0.734. The van der Waals surface area contributed by atoms with Crippen molar-refractivity contribution in [3.8, 4) is 0 Å². The lowest BCUT2D eigenvalue weighted by Crippen LogP contribution is -2.43. The first-order valence-corrected chi connectivity index (χ1v) is 11.6. The zero-order chi connectivity index (χ0) is 20.7. The Labute approximate surface area is 183 Å². The highest BCUT2D eigenvalue weighted by molar-refractivity contribution is 7.18. The van der Waals surface area contributed by atoms with E-state index in [-0.39, 0.29) is 24.0 Å². The quantitative estimate of drug-likeness (QED) is 0.772. The number of ether oxygens (including phenoxy) is 1. The second kappa shape index (κ2) is 8.35. The van der Waals surface area contributed by atoms with Crippen molar-refractivity contribution in [3.05, 3.63) is 42.7 Å². The summed E-state index contributed by atoms with van der Waals surface area (Å²) in [5.74, 6) is -0.176. The normalized spacial score (nSPS) is 24.6. The molecule has 156 valence electrons. The Morgan fingerprint density at radius 2 is 2.03 bits per heavy atom. The lowest BCUT2D eigenvalue weighted by Gasteiger charge is -2.29. The van der Waals surface area contributed by atoms with Crippen molar-refractivity contribution < 1.29 is 14.3 Å². The van der Waals surface area contributed by atoms with E-state index in [9.17, 15) is 9.59 Å². The first-order valence-electron chi connectivity index (χ1n) is 9.55. The molecule has 2 aliphatic heterocycles. The molecule has 1 fully saturated rings.